The Morgan fingerprint density at radius 2 is 1.17 bits per heavy atom. The van der Waals surface area contributed by atoms with Crippen LogP contribution in [0.5, 0.6) is 0 Å². The van der Waals surface area contributed by atoms with Gasteiger partial charge in [-0.25, -0.2) is 4.79 Å². The zero-order valence-corrected chi connectivity index (χ0v) is 16.4. The van der Waals surface area contributed by atoms with Crippen LogP contribution in [0.25, 0.3) is 0 Å². The van der Waals surface area contributed by atoms with Gasteiger partial charge in [0.05, 0.1) is 12.6 Å². The molecule has 5 amide bonds. The van der Waals surface area contributed by atoms with Gasteiger partial charge in [-0.15, -0.1) is 0 Å². The Morgan fingerprint density at radius 3 is 1.57 bits per heavy atom. The Bertz CT molecular complexity index is 668. The van der Waals surface area contributed by atoms with Gasteiger partial charge in [-0.1, -0.05) is 0 Å². The largest absolute Gasteiger partial charge is 0.480 e. The van der Waals surface area contributed by atoms with Gasteiger partial charge >= 0.3 is 5.97 Å². The van der Waals surface area contributed by atoms with Crippen LogP contribution in [0.4, 0.5) is 0 Å². The monoisotopic (exact) mass is 432 g/mol. The van der Waals surface area contributed by atoms with E-state index < -0.39 is 66.3 Å². The summed E-state index contributed by atoms with van der Waals surface area (Å²) in [6.45, 7) is 0.462. The maximum absolute atomic E-state index is 12.4. The predicted octanol–water partition coefficient (Wildman–Crippen LogP) is -4.60. The first-order valence-corrected chi connectivity index (χ1v) is 8.96. The fraction of sp³-hybridized carbons (Fsp3) is 0.625. The van der Waals surface area contributed by atoms with E-state index in [1.807, 2.05) is 0 Å². The molecule has 0 spiro atoms. The number of amides is 5. The van der Waals surface area contributed by atoms with Gasteiger partial charge in [0.1, 0.15) is 18.1 Å². The lowest BCUT2D eigenvalue weighted by molar-refractivity contribution is -0.143. The minimum atomic E-state index is -1.57. The van der Waals surface area contributed by atoms with Crippen LogP contribution < -0.4 is 33.2 Å². The van der Waals surface area contributed by atoms with Crippen molar-refractivity contribution in [3.05, 3.63) is 0 Å². The Morgan fingerprint density at radius 1 is 0.767 bits per heavy atom. The highest BCUT2D eigenvalue weighted by Crippen LogP contribution is 2.02. The molecule has 30 heavy (non-hydrogen) atoms. The molecule has 0 saturated carbocycles. The van der Waals surface area contributed by atoms with Crippen molar-refractivity contribution in [3.63, 3.8) is 0 Å². The molecule has 0 bridgehead atoms. The van der Waals surface area contributed by atoms with Crippen LogP contribution in [0.3, 0.4) is 0 Å². The number of aliphatic hydroxyl groups excluding tert-OH is 1. The van der Waals surface area contributed by atoms with Gasteiger partial charge in [-0.2, -0.15) is 0 Å². The number of primary amides is 2. The average molecular weight is 432 g/mol. The van der Waals surface area contributed by atoms with Crippen molar-refractivity contribution >= 4 is 35.5 Å². The molecule has 0 aromatic rings. The molecular formula is C16H28N6O8. The quantitative estimate of drug-likeness (QED) is 0.131. The topological polar surface area (TPSA) is 257 Å². The third-order valence-corrected chi connectivity index (χ3v) is 3.84. The van der Waals surface area contributed by atoms with Gasteiger partial charge in [0.2, 0.25) is 29.5 Å². The van der Waals surface area contributed by atoms with Gasteiger partial charge < -0.3 is 43.4 Å². The highest BCUT2D eigenvalue weighted by atomic mass is 16.4. The second kappa shape index (κ2) is 13.1. The number of hydrogen-bond acceptors (Lipinski definition) is 8. The number of carboxylic acids is 1. The number of nitrogens with two attached hydrogens (primary N) is 3. The molecule has 170 valence electrons. The third-order valence-electron chi connectivity index (χ3n) is 3.84. The minimum Gasteiger partial charge on any atom is -0.480 e. The number of carbonyl (C=O) groups excluding carboxylic acids is 5. The molecule has 0 rings (SSSR count). The van der Waals surface area contributed by atoms with Gasteiger partial charge in [-0.05, 0) is 19.8 Å². The number of aliphatic carboxylic acids is 1. The van der Waals surface area contributed by atoms with Gasteiger partial charge in [0.25, 0.3) is 0 Å². The van der Waals surface area contributed by atoms with Crippen molar-refractivity contribution in [2.75, 3.05) is 6.61 Å². The highest BCUT2D eigenvalue weighted by Gasteiger charge is 2.29. The summed E-state index contributed by atoms with van der Waals surface area (Å²) in [6.07, 6.45) is -1.07. The van der Waals surface area contributed by atoms with Gasteiger partial charge in [0.15, 0.2) is 0 Å². The zero-order valence-electron chi connectivity index (χ0n) is 16.4. The third kappa shape index (κ3) is 10.3. The van der Waals surface area contributed by atoms with Crippen molar-refractivity contribution in [1.82, 2.24) is 16.0 Å². The zero-order chi connectivity index (χ0) is 23.4. The van der Waals surface area contributed by atoms with E-state index in [9.17, 15) is 33.9 Å². The fourth-order valence-electron chi connectivity index (χ4n) is 2.14. The van der Waals surface area contributed by atoms with E-state index in [0.717, 1.165) is 0 Å². The molecule has 14 nitrogen and oxygen atoms in total. The Hall–Kier alpha value is -3.26. The van der Waals surface area contributed by atoms with Crippen LogP contribution in [0.1, 0.15) is 32.6 Å². The first-order valence-electron chi connectivity index (χ1n) is 8.96. The molecule has 0 fully saturated rings. The minimum absolute atomic E-state index is 0.199. The molecule has 0 aromatic carbocycles. The smallest absolute Gasteiger partial charge is 0.326 e. The fourth-order valence-corrected chi connectivity index (χ4v) is 2.14. The summed E-state index contributed by atoms with van der Waals surface area (Å²) < 4.78 is 0. The predicted molar refractivity (Wildman–Crippen MR) is 101 cm³/mol. The Balaban J connectivity index is 5.18. The lowest BCUT2D eigenvalue weighted by atomic mass is 10.1. The van der Waals surface area contributed by atoms with Crippen LogP contribution >= 0.6 is 0 Å². The number of hydrogen-bond donors (Lipinski definition) is 8. The highest BCUT2D eigenvalue weighted by molar-refractivity contribution is 5.94. The molecule has 4 atom stereocenters. The molecule has 0 aromatic heterocycles. The lowest BCUT2D eigenvalue weighted by Gasteiger charge is -2.23. The Labute approximate surface area is 171 Å². The summed E-state index contributed by atoms with van der Waals surface area (Å²) >= 11 is 0. The SMILES string of the molecule is CC(N)C(=O)NC(CCC(N)=O)C(=O)NC(CO)C(=O)NC(CCC(N)=O)C(=O)O. The van der Waals surface area contributed by atoms with Gasteiger partial charge in [-0.3, -0.25) is 24.0 Å². The summed E-state index contributed by atoms with van der Waals surface area (Å²) in [5.41, 5.74) is 15.4. The van der Waals surface area contributed by atoms with E-state index in [4.69, 9.17) is 22.3 Å². The van der Waals surface area contributed by atoms with E-state index >= 15 is 0 Å². The van der Waals surface area contributed by atoms with E-state index in [1.165, 1.54) is 6.92 Å². The first-order chi connectivity index (χ1) is 13.9. The molecule has 0 saturated heterocycles. The number of aliphatic hydroxyl groups is 1. The summed E-state index contributed by atoms with van der Waals surface area (Å²) in [7, 11) is 0. The molecular weight excluding hydrogens is 404 g/mol. The molecule has 0 aliphatic rings. The first kappa shape index (κ1) is 26.7. The molecule has 0 heterocycles. The van der Waals surface area contributed by atoms with Crippen LogP contribution in [-0.4, -0.2) is 76.5 Å². The maximum atomic E-state index is 12.4. The molecule has 0 aliphatic heterocycles. The lowest BCUT2D eigenvalue weighted by Crippen LogP contribution is -2.58. The maximum Gasteiger partial charge on any atom is 0.326 e. The molecule has 4 unspecified atom stereocenters. The number of rotatable bonds is 14. The van der Waals surface area contributed by atoms with Crippen molar-refractivity contribution < 1.29 is 39.0 Å². The molecule has 11 N–H and O–H groups in total. The van der Waals surface area contributed by atoms with E-state index in [0.29, 0.717) is 0 Å². The summed E-state index contributed by atoms with van der Waals surface area (Å²) in [5, 5.41) is 25.0. The standard InChI is InChI=1S/C16H28N6O8/c1-7(17)13(26)20-8(2-4-11(18)24)14(27)22-10(6-23)15(28)21-9(16(29)30)3-5-12(19)25/h7-10,23H,2-6,17H2,1H3,(H2,18,24)(H2,19,25)(H,20,26)(H,21,28)(H,22,27)(H,29,30). The summed E-state index contributed by atoms with van der Waals surface area (Å²) in [6, 6.07) is -5.31. The molecule has 0 aliphatic carbocycles. The van der Waals surface area contributed by atoms with Crippen molar-refractivity contribution in [1.29, 1.82) is 0 Å². The van der Waals surface area contributed by atoms with E-state index in [1.54, 1.807) is 0 Å². The second-order valence-electron chi connectivity index (χ2n) is 6.50. The number of nitrogens with one attached hydrogen (secondary N) is 3. The van der Waals surface area contributed by atoms with Crippen molar-refractivity contribution in [2.45, 2.75) is 56.8 Å². The number of carboxylic acid groups (broad SMARTS) is 1. The molecule has 14 heteroatoms. The average Bonchev–Trinajstić information content (AvgIpc) is 2.64. The van der Waals surface area contributed by atoms with E-state index in [2.05, 4.69) is 16.0 Å². The summed E-state index contributed by atoms with van der Waals surface area (Å²) in [4.78, 5) is 69.5. The Kier molecular flexibility index (Phi) is 11.6. The van der Waals surface area contributed by atoms with Crippen molar-refractivity contribution in [2.24, 2.45) is 17.2 Å². The van der Waals surface area contributed by atoms with Crippen LogP contribution in [0.15, 0.2) is 0 Å². The molecule has 0 radical (unpaired) electrons. The van der Waals surface area contributed by atoms with Crippen LogP contribution in [0, 0.1) is 0 Å². The number of carbonyl (C=O) groups is 6. The normalized spacial score (nSPS) is 14.5. The second-order valence-corrected chi connectivity index (χ2v) is 6.50. The van der Waals surface area contributed by atoms with E-state index in [-0.39, 0.29) is 25.7 Å². The summed E-state index contributed by atoms with van der Waals surface area (Å²) in [5.74, 6) is -5.64. The van der Waals surface area contributed by atoms with Crippen LogP contribution in [0.2, 0.25) is 0 Å². The van der Waals surface area contributed by atoms with Crippen molar-refractivity contribution in [3.8, 4) is 0 Å². The van der Waals surface area contributed by atoms with Gasteiger partial charge in [0, 0.05) is 12.8 Å². The van der Waals surface area contributed by atoms with Crippen LogP contribution in [-0.2, 0) is 28.8 Å².